The van der Waals surface area contributed by atoms with Crippen molar-refractivity contribution in [2.45, 2.75) is 33.0 Å². The molecule has 0 amide bonds. The molecule has 76 valence electrons. The van der Waals surface area contributed by atoms with Gasteiger partial charge in [-0.1, -0.05) is 38.3 Å². The van der Waals surface area contributed by atoms with E-state index < -0.39 is 17.2 Å². The van der Waals surface area contributed by atoms with Crippen LogP contribution in [0.15, 0.2) is 24.6 Å². The zero-order valence-corrected chi connectivity index (χ0v) is 11.7. The third-order valence-corrected chi connectivity index (χ3v) is 11.5. The van der Waals surface area contributed by atoms with Crippen molar-refractivity contribution in [3.63, 3.8) is 0 Å². The van der Waals surface area contributed by atoms with E-state index in [1.807, 2.05) is 0 Å². The molecule has 0 fully saturated rings. The summed E-state index contributed by atoms with van der Waals surface area (Å²) in [6, 6.07) is 1.31. The maximum Gasteiger partial charge on any atom is 0.153 e. The Hall–Kier alpha value is -0.126. The Morgan fingerprint density at radius 2 is 1.69 bits per heavy atom. The fraction of sp³-hybridized carbons (Fsp3) is 0.600. The minimum absolute atomic E-state index is 1.03. The van der Waals surface area contributed by atoms with E-state index in [0.717, 1.165) is 6.54 Å². The van der Waals surface area contributed by atoms with Gasteiger partial charge in [0, 0.05) is 0 Å². The molecule has 0 bridgehead atoms. The normalized spacial score (nSPS) is 12.2. The molecule has 0 spiro atoms. The highest BCUT2D eigenvalue weighted by Gasteiger charge is 2.29. The zero-order chi connectivity index (χ0) is 10.5. The Morgan fingerprint density at radius 1 is 1.23 bits per heavy atom. The van der Waals surface area contributed by atoms with Gasteiger partial charge in [-0.2, -0.15) is 0 Å². The van der Waals surface area contributed by atoms with Crippen LogP contribution in [0.1, 0.15) is 13.8 Å². The van der Waals surface area contributed by atoms with Gasteiger partial charge < -0.3 is 4.23 Å². The average Bonchev–Trinajstić information content (AvgIpc) is 2.13. The third kappa shape index (κ3) is 3.25. The Morgan fingerprint density at radius 3 is 1.92 bits per heavy atom. The summed E-state index contributed by atoms with van der Waals surface area (Å²) in [6.45, 7) is 18.4. The average molecular weight is 213 g/mol. The molecule has 0 aromatic heterocycles. The first-order chi connectivity index (χ1) is 6.03. The van der Waals surface area contributed by atoms with E-state index in [2.05, 4.69) is 55.7 Å². The van der Waals surface area contributed by atoms with Crippen molar-refractivity contribution in [3.8, 4) is 0 Å². The molecule has 0 heterocycles. The fourth-order valence-electron chi connectivity index (χ4n) is 1.60. The maximum atomic E-state index is 3.92. The molecule has 0 aliphatic carbocycles. The van der Waals surface area contributed by atoms with Crippen LogP contribution in [-0.2, 0) is 0 Å². The summed E-state index contributed by atoms with van der Waals surface area (Å²) < 4.78 is 2.69. The number of hydrogen-bond acceptors (Lipinski definition) is 1. The van der Waals surface area contributed by atoms with E-state index in [1.54, 1.807) is 0 Å². The number of hydrogen-bond donors (Lipinski definition) is 0. The van der Waals surface area contributed by atoms with E-state index in [-0.39, 0.29) is 0 Å². The smallest absolute Gasteiger partial charge is 0.153 e. The second kappa shape index (κ2) is 5.57. The molecule has 0 aliphatic rings. The largest absolute Gasteiger partial charge is 0.342 e. The van der Waals surface area contributed by atoms with Gasteiger partial charge in [0.1, 0.15) is 8.24 Å². The van der Waals surface area contributed by atoms with Crippen LogP contribution in [0.2, 0.25) is 19.1 Å². The first-order valence-electron chi connectivity index (χ1n) is 5.05. The van der Waals surface area contributed by atoms with Crippen LogP contribution in [-0.4, -0.2) is 28.0 Å². The van der Waals surface area contributed by atoms with Crippen molar-refractivity contribution in [2.75, 3.05) is 6.54 Å². The molecular weight excluding hydrogens is 190 g/mol. The lowest BCUT2D eigenvalue weighted by Crippen LogP contribution is -2.54. The summed E-state index contributed by atoms with van der Waals surface area (Å²) >= 11 is 0. The zero-order valence-electron chi connectivity index (χ0n) is 9.51. The van der Waals surface area contributed by atoms with Crippen LogP contribution in [0, 0.1) is 0 Å². The number of nitrogens with zero attached hydrogens (tertiary/aromatic N) is 1. The summed E-state index contributed by atoms with van der Waals surface area (Å²) in [6.07, 6.45) is 0. The Balaban J connectivity index is 4.65. The quantitative estimate of drug-likeness (QED) is 0.613. The lowest BCUT2D eigenvalue weighted by atomic mass is 10.8. The molecule has 0 saturated heterocycles. The fourth-order valence-corrected chi connectivity index (χ4v) is 8.39. The highest BCUT2D eigenvalue weighted by atomic mass is 28.4. The molecule has 0 aromatic rings. The van der Waals surface area contributed by atoms with Crippen molar-refractivity contribution in [2.24, 2.45) is 0 Å². The minimum Gasteiger partial charge on any atom is -0.342 e. The van der Waals surface area contributed by atoms with Gasteiger partial charge in [0.2, 0.25) is 0 Å². The van der Waals surface area contributed by atoms with E-state index in [4.69, 9.17) is 0 Å². The summed E-state index contributed by atoms with van der Waals surface area (Å²) in [5, 5.41) is 0. The minimum atomic E-state index is -1.16. The lowest BCUT2D eigenvalue weighted by molar-refractivity contribution is 0.668. The molecule has 0 aromatic carbocycles. The van der Waals surface area contributed by atoms with Gasteiger partial charge in [-0.3, -0.25) is 0 Å². The first-order valence-corrected chi connectivity index (χ1v) is 10.1. The van der Waals surface area contributed by atoms with Crippen LogP contribution >= 0.6 is 0 Å². The Labute approximate surface area is 85.9 Å². The lowest BCUT2D eigenvalue weighted by Gasteiger charge is -2.38. The summed E-state index contributed by atoms with van der Waals surface area (Å²) in [5.41, 5.74) is 4.25. The second-order valence-corrected chi connectivity index (χ2v) is 11.9. The van der Waals surface area contributed by atoms with Crippen LogP contribution in [0.3, 0.4) is 0 Å². The van der Waals surface area contributed by atoms with Gasteiger partial charge in [-0.05, 0) is 12.6 Å². The molecule has 1 nitrogen and oxygen atoms in total. The molecule has 3 heteroatoms. The highest BCUT2D eigenvalue weighted by Crippen LogP contribution is 2.16. The molecule has 0 N–H and O–H groups in total. The van der Waals surface area contributed by atoms with Crippen LogP contribution in [0.25, 0.3) is 0 Å². The van der Waals surface area contributed by atoms with Gasteiger partial charge in [0.15, 0.2) is 8.96 Å². The van der Waals surface area contributed by atoms with Crippen molar-refractivity contribution in [1.82, 2.24) is 4.23 Å². The molecule has 0 atom stereocenters. The highest BCUT2D eigenvalue weighted by molar-refractivity contribution is 6.86. The van der Waals surface area contributed by atoms with Gasteiger partial charge in [-0.25, -0.2) is 0 Å². The van der Waals surface area contributed by atoms with E-state index in [9.17, 15) is 0 Å². The molecule has 0 rings (SSSR count). The van der Waals surface area contributed by atoms with E-state index in [1.165, 1.54) is 6.04 Å². The second-order valence-electron chi connectivity index (χ2n) is 3.91. The summed E-state index contributed by atoms with van der Waals surface area (Å²) in [4.78, 5) is 0. The third-order valence-electron chi connectivity index (χ3n) is 2.83. The molecule has 0 unspecified atom stereocenters. The molecular formula is C10H23NSi2. The molecule has 0 aliphatic heterocycles. The topological polar surface area (TPSA) is 3.24 Å². The van der Waals surface area contributed by atoms with Crippen LogP contribution in [0.5, 0.6) is 0 Å². The molecule has 0 saturated carbocycles. The molecule has 0 radical (unpaired) electrons. The van der Waals surface area contributed by atoms with Crippen LogP contribution in [0.4, 0.5) is 0 Å². The van der Waals surface area contributed by atoms with Crippen molar-refractivity contribution < 1.29 is 0 Å². The standard InChI is InChI=1S/C10H23NSi2/c1-7-11(12(8-2)9-3)13(5,6)10-4/h8-9,12H,2-3,7,10H2,1,4-6H3. The monoisotopic (exact) mass is 213 g/mol. The summed E-state index contributed by atoms with van der Waals surface area (Å²) in [7, 11) is -2.19. The van der Waals surface area contributed by atoms with Crippen molar-refractivity contribution in [1.29, 1.82) is 0 Å². The summed E-state index contributed by atoms with van der Waals surface area (Å²) in [5.74, 6) is 0. The van der Waals surface area contributed by atoms with Gasteiger partial charge in [0.05, 0.1) is 0 Å². The SMILES string of the molecule is C=C[SiH](C=C)N(CC)[Si](C)(C)CC. The Bertz CT molecular complexity index is 170. The first kappa shape index (κ1) is 12.9. The number of rotatable bonds is 6. The predicted octanol–water partition coefficient (Wildman–Crippen LogP) is 2.71. The van der Waals surface area contributed by atoms with E-state index in [0.29, 0.717) is 0 Å². The Kier molecular flexibility index (Phi) is 5.52. The predicted molar refractivity (Wildman–Crippen MR) is 67.9 cm³/mol. The van der Waals surface area contributed by atoms with Crippen molar-refractivity contribution in [3.05, 3.63) is 24.6 Å². The van der Waals surface area contributed by atoms with Crippen molar-refractivity contribution >= 4 is 17.2 Å². The van der Waals surface area contributed by atoms with Gasteiger partial charge >= 0.3 is 0 Å². The molecule has 13 heavy (non-hydrogen) atoms. The van der Waals surface area contributed by atoms with E-state index >= 15 is 0 Å². The maximum absolute atomic E-state index is 3.92. The van der Waals surface area contributed by atoms with Gasteiger partial charge in [-0.15, -0.1) is 13.2 Å². The van der Waals surface area contributed by atoms with Crippen LogP contribution < -0.4 is 0 Å². The van der Waals surface area contributed by atoms with Gasteiger partial charge in [0.25, 0.3) is 0 Å².